The molecule has 1 N–H and O–H groups in total. The normalized spacial score (nSPS) is 11.9. The Hall–Kier alpha value is -2.10. The SMILES string of the molecule is CCC(C#N)(CC)NC(=O)c1cc(C(F)(F)F)ccc1F. The molecule has 114 valence electrons. The fraction of sp³-hybridized carbons (Fsp3) is 0.429. The number of nitriles is 1. The minimum atomic E-state index is -4.68. The fourth-order valence-electron chi connectivity index (χ4n) is 1.77. The number of benzene rings is 1. The molecule has 0 atom stereocenters. The summed E-state index contributed by atoms with van der Waals surface area (Å²) >= 11 is 0. The maximum atomic E-state index is 13.6. The summed E-state index contributed by atoms with van der Waals surface area (Å²) in [4.78, 5) is 12.0. The van der Waals surface area contributed by atoms with E-state index in [4.69, 9.17) is 5.26 Å². The van der Waals surface area contributed by atoms with E-state index in [1.165, 1.54) is 0 Å². The third kappa shape index (κ3) is 3.72. The highest BCUT2D eigenvalue weighted by Crippen LogP contribution is 2.30. The van der Waals surface area contributed by atoms with Crippen molar-refractivity contribution in [2.24, 2.45) is 0 Å². The lowest BCUT2D eigenvalue weighted by Gasteiger charge is -2.25. The third-order valence-corrected chi connectivity index (χ3v) is 3.31. The smallest absolute Gasteiger partial charge is 0.334 e. The molecule has 0 aliphatic heterocycles. The van der Waals surface area contributed by atoms with Crippen LogP contribution in [0, 0.1) is 17.1 Å². The van der Waals surface area contributed by atoms with Crippen molar-refractivity contribution in [3.63, 3.8) is 0 Å². The first-order valence-corrected chi connectivity index (χ1v) is 6.29. The van der Waals surface area contributed by atoms with E-state index < -0.39 is 34.6 Å². The topological polar surface area (TPSA) is 52.9 Å². The highest BCUT2D eigenvalue weighted by atomic mass is 19.4. The molecule has 0 bridgehead atoms. The predicted molar refractivity (Wildman–Crippen MR) is 67.8 cm³/mol. The molecular weight excluding hydrogens is 288 g/mol. The maximum absolute atomic E-state index is 13.6. The summed E-state index contributed by atoms with van der Waals surface area (Å²) in [6, 6.07) is 3.49. The summed E-state index contributed by atoms with van der Waals surface area (Å²) in [5.41, 5.74) is -3.08. The molecule has 0 aromatic heterocycles. The first-order valence-electron chi connectivity index (χ1n) is 6.29. The summed E-state index contributed by atoms with van der Waals surface area (Å²) < 4.78 is 51.4. The van der Waals surface area contributed by atoms with Gasteiger partial charge in [0.1, 0.15) is 11.4 Å². The molecule has 3 nitrogen and oxygen atoms in total. The number of carbonyl (C=O) groups is 1. The number of hydrogen-bond acceptors (Lipinski definition) is 2. The van der Waals surface area contributed by atoms with Crippen molar-refractivity contribution in [1.29, 1.82) is 5.26 Å². The Morgan fingerprint density at radius 3 is 2.29 bits per heavy atom. The van der Waals surface area contributed by atoms with Crippen LogP contribution in [0.15, 0.2) is 18.2 Å². The van der Waals surface area contributed by atoms with Gasteiger partial charge in [-0.05, 0) is 31.0 Å². The van der Waals surface area contributed by atoms with Crippen molar-refractivity contribution in [3.05, 3.63) is 35.1 Å². The van der Waals surface area contributed by atoms with Crippen LogP contribution >= 0.6 is 0 Å². The molecule has 0 unspecified atom stereocenters. The van der Waals surface area contributed by atoms with Gasteiger partial charge in [0.05, 0.1) is 17.2 Å². The van der Waals surface area contributed by atoms with Gasteiger partial charge < -0.3 is 5.32 Å². The van der Waals surface area contributed by atoms with E-state index >= 15 is 0 Å². The summed E-state index contributed by atoms with van der Waals surface area (Å²) in [5, 5.41) is 11.4. The molecule has 0 radical (unpaired) electrons. The molecular formula is C14H14F4N2O. The molecule has 0 heterocycles. The van der Waals surface area contributed by atoms with Gasteiger partial charge in [-0.3, -0.25) is 4.79 Å². The molecule has 1 amide bonds. The molecule has 0 saturated carbocycles. The summed E-state index contributed by atoms with van der Waals surface area (Å²) in [6.45, 7) is 3.30. The second kappa shape index (κ2) is 6.12. The van der Waals surface area contributed by atoms with Crippen LogP contribution in [0.25, 0.3) is 0 Å². The van der Waals surface area contributed by atoms with Gasteiger partial charge in [0.25, 0.3) is 5.91 Å². The van der Waals surface area contributed by atoms with Crippen LogP contribution in [0.1, 0.15) is 42.6 Å². The molecule has 7 heteroatoms. The molecule has 0 aliphatic carbocycles. The minimum Gasteiger partial charge on any atom is -0.334 e. The van der Waals surface area contributed by atoms with Gasteiger partial charge >= 0.3 is 6.18 Å². The Kier molecular flexibility index (Phi) is 4.94. The van der Waals surface area contributed by atoms with Crippen molar-refractivity contribution in [2.45, 2.75) is 38.4 Å². The van der Waals surface area contributed by atoms with E-state index in [2.05, 4.69) is 5.32 Å². The van der Waals surface area contributed by atoms with Crippen LogP contribution in [-0.4, -0.2) is 11.4 Å². The van der Waals surface area contributed by atoms with E-state index in [1.54, 1.807) is 13.8 Å². The molecule has 0 aliphatic rings. The standard InChI is InChI=1S/C14H14F4N2O/c1-3-13(4-2,8-19)20-12(21)10-7-9(14(16,17)18)5-6-11(10)15/h5-7H,3-4H2,1-2H3,(H,20,21). The van der Waals surface area contributed by atoms with Crippen molar-refractivity contribution in [3.8, 4) is 6.07 Å². The van der Waals surface area contributed by atoms with Crippen LogP contribution in [0.2, 0.25) is 0 Å². The monoisotopic (exact) mass is 302 g/mol. The number of alkyl halides is 3. The number of nitrogens with zero attached hydrogens (tertiary/aromatic N) is 1. The molecule has 1 aromatic rings. The minimum absolute atomic E-state index is 0.256. The number of nitrogens with one attached hydrogen (secondary N) is 1. The van der Waals surface area contributed by atoms with Gasteiger partial charge in [-0.15, -0.1) is 0 Å². The number of rotatable bonds is 4. The van der Waals surface area contributed by atoms with E-state index in [0.717, 1.165) is 0 Å². The van der Waals surface area contributed by atoms with E-state index in [1.807, 2.05) is 6.07 Å². The molecule has 1 aromatic carbocycles. The van der Waals surface area contributed by atoms with Gasteiger partial charge in [-0.2, -0.15) is 18.4 Å². The first kappa shape index (κ1) is 17.0. The quantitative estimate of drug-likeness (QED) is 0.863. The average molecular weight is 302 g/mol. The van der Waals surface area contributed by atoms with E-state index in [9.17, 15) is 22.4 Å². The lowest BCUT2D eigenvalue weighted by molar-refractivity contribution is -0.137. The van der Waals surface area contributed by atoms with Crippen molar-refractivity contribution in [2.75, 3.05) is 0 Å². The second-order valence-electron chi connectivity index (χ2n) is 4.55. The van der Waals surface area contributed by atoms with Crippen LogP contribution in [0.4, 0.5) is 17.6 Å². The number of hydrogen-bond donors (Lipinski definition) is 1. The van der Waals surface area contributed by atoms with Crippen molar-refractivity contribution < 1.29 is 22.4 Å². The maximum Gasteiger partial charge on any atom is 0.416 e. The lowest BCUT2D eigenvalue weighted by Crippen LogP contribution is -2.46. The van der Waals surface area contributed by atoms with Gasteiger partial charge in [0, 0.05) is 0 Å². The molecule has 21 heavy (non-hydrogen) atoms. The Balaban J connectivity index is 3.17. The highest BCUT2D eigenvalue weighted by molar-refractivity contribution is 5.95. The van der Waals surface area contributed by atoms with Gasteiger partial charge in [-0.25, -0.2) is 4.39 Å². The number of carbonyl (C=O) groups excluding carboxylic acids is 1. The van der Waals surface area contributed by atoms with Gasteiger partial charge in [-0.1, -0.05) is 13.8 Å². The number of amides is 1. The average Bonchev–Trinajstić information content (AvgIpc) is 2.44. The highest BCUT2D eigenvalue weighted by Gasteiger charge is 2.33. The zero-order valence-electron chi connectivity index (χ0n) is 11.5. The molecule has 1 rings (SSSR count). The zero-order valence-corrected chi connectivity index (χ0v) is 11.5. The van der Waals surface area contributed by atoms with Crippen molar-refractivity contribution in [1.82, 2.24) is 5.32 Å². The third-order valence-electron chi connectivity index (χ3n) is 3.31. The van der Waals surface area contributed by atoms with Crippen LogP contribution in [-0.2, 0) is 6.18 Å². The Labute approximate surface area is 119 Å². The Morgan fingerprint density at radius 1 is 1.29 bits per heavy atom. The van der Waals surface area contributed by atoms with E-state index in [-0.39, 0.29) is 12.8 Å². The van der Waals surface area contributed by atoms with E-state index in [0.29, 0.717) is 18.2 Å². The number of halogens is 4. The lowest BCUT2D eigenvalue weighted by atomic mass is 9.94. The van der Waals surface area contributed by atoms with Gasteiger partial charge in [0.2, 0.25) is 0 Å². The second-order valence-corrected chi connectivity index (χ2v) is 4.55. The zero-order chi connectivity index (χ0) is 16.3. The summed E-state index contributed by atoms with van der Waals surface area (Å²) in [5.74, 6) is -2.11. The Morgan fingerprint density at radius 2 is 1.86 bits per heavy atom. The first-order chi connectivity index (χ1) is 9.69. The largest absolute Gasteiger partial charge is 0.416 e. The summed E-state index contributed by atoms with van der Waals surface area (Å²) in [7, 11) is 0. The van der Waals surface area contributed by atoms with Gasteiger partial charge in [0.15, 0.2) is 0 Å². The molecule has 0 saturated heterocycles. The predicted octanol–water partition coefficient (Wildman–Crippen LogP) is 3.66. The molecule has 0 fully saturated rings. The van der Waals surface area contributed by atoms with Crippen LogP contribution in [0.5, 0.6) is 0 Å². The summed E-state index contributed by atoms with van der Waals surface area (Å²) in [6.07, 6.45) is -4.16. The fourth-order valence-corrected chi connectivity index (χ4v) is 1.77. The van der Waals surface area contributed by atoms with Crippen LogP contribution in [0.3, 0.4) is 0 Å². The van der Waals surface area contributed by atoms with Crippen LogP contribution < -0.4 is 5.32 Å². The van der Waals surface area contributed by atoms with Crippen molar-refractivity contribution >= 4 is 5.91 Å². The Bertz CT molecular complexity index is 571. The molecule has 0 spiro atoms.